The predicted octanol–water partition coefficient (Wildman–Crippen LogP) is 3.02. The van der Waals surface area contributed by atoms with E-state index in [9.17, 15) is 0 Å². The molecule has 1 atom stereocenters. The van der Waals surface area contributed by atoms with E-state index in [1.165, 1.54) is 15.7 Å². The average Bonchev–Trinajstić information content (AvgIpc) is 2.40. The van der Waals surface area contributed by atoms with E-state index in [-0.39, 0.29) is 9.50 Å². The van der Waals surface area contributed by atoms with Crippen molar-refractivity contribution in [1.82, 2.24) is 4.98 Å². The van der Waals surface area contributed by atoms with Crippen molar-refractivity contribution in [3.63, 3.8) is 0 Å². The molecule has 0 amide bonds. The third-order valence-corrected chi connectivity index (χ3v) is 5.51. The Bertz CT molecular complexity index is 457. The summed E-state index contributed by atoms with van der Waals surface area (Å²) in [7, 11) is 1.17. The standard InChI is InChI=1S/C7H6N2S3/c8-11-12-6-4-2-1-3-5(6)9-7(12)10/h1-4H,8H2/p+1. The molecule has 0 radical (unpaired) electrons. The molecule has 62 valence electrons. The van der Waals surface area contributed by atoms with Gasteiger partial charge in [-0.15, -0.1) is 0 Å². The second-order valence-corrected chi connectivity index (χ2v) is 6.10. The minimum Gasteiger partial charge on any atom is -0.297 e. The Hall–Kier alpha value is -0.360. The summed E-state index contributed by atoms with van der Waals surface area (Å²) in [6, 6.07) is 8.07. The lowest BCUT2D eigenvalue weighted by atomic mass is 10.3. The third kappa shape index (κ3) is 1.19. The molecule has 0 spiro atoms. The molecule has 0 fully saturated rings. The Morgan fingerprint density at radius 2 is 2.17 bits per heavy atom. The van der Waals surface area contributed by atoms with Gasteiger partial charge in [0.05, 0.1) is 5.52 Å². The molecular weight excluding hydrogens is 208 g/mol. The van der Waals surface area contributed by atoms with Gasteiger partial charge in [-0.1, -0.05) is 12.1 Å². The number of aromatic nitrogens is 1. The molecule has 0 aliphatic rings. The molecule has 0 aliphatic heterocycles. The minimum absolute atomic E-state index is 0.139. The maximum absolute atomic E-state index is 5.54. The van der Waals surface area contributed by atoms with E-state index >= 15 is 0 Å². The van der Waals surface area contributed by atoms with E-state index in [1.807, 2.05) is 18.2 Å². The van der Waals surface area contributed by atoms with Crippen molar-refractivity contribution < 1.29 is 0 Å². The van der Waals surface area contributed by atoms with Gasteiger partial charge in [-0.05, 0) is 12.1 Å². The molecule has 1 aromatic heterocycles. The van der Waals surface area contributed by atoms with Crippen LogP contribution >= 0.6 is 32.7 Å². The highest BCUT2D eigenvalue weighted by molar-refractivity contribution is 8.45. The summed E-state index contributed by atoms with van der Waals surface area (Å²) < 4.78 is 2.05. The monoisotopic (exact) mass is 215 g/mol. The molecule has 1 heterocycles. The summed E-state index contributed by atoms with van der Waals surface area (Å²) in [5, 5.41) is 5.54. The van der Waals surface area contributed by atoms with Gasteiger partial charge in [0.2, 0.25) is 0 Å². The van der Waals surface area contributed by atoms with Crippen LogP contribution in [0.2, 0.25) is 0 Å². The number of rotatable bonds is 1. The van der Waals surface area contributed by atoms with Crippen LogP contribution in [0.1, 0.15) is 0 Å². The molecule has 5 heteroatoms. The second-order valence-electron chi connectivity index (χ2n) is 2.27. The summed E-state index contributed by atoms with van der Waals surface area (Å²) in [6.07, 6.45) is 0. The first-order chi connectivity index (χ1) is 5.83. The number of hydrogen-bond acceptors (Lipinski definition) is 3. The highest BCUT2D eigenvalue weighted by Gasteiger charge is 2.11. The zero-order valence-corrected chi connectivity index (χ0v) is 8.56. The molecule has 0 aliphatic carbocycles. The zero-order chi connectivity index (χ0) is 8.55. The number of H-pyrrole nitrogens is 1. The molecule has 2 rings (SSSR count). The van der Waals surface area contributed by atoms with Crippen molar-refractivity contribution in [1.29, 1.82) is 0 Å². The van der Waals surface area contributed by atoms with E-state index in [0.29, 0.717) is 0 Å². The van der Waals surface area contributed by atoms with Gasteiger partial charge in [-0.2, -0.15) is 0 Å². The molecule has 0 saturated carbocycles. The molecule has 1 aromatic carbocycles. The fourth-order valence-corrected chi connectivity index (χ4v) is 4.06. The van der Waals surface area contributed by atoms with Gasteiger partial charge >= 0.3 is 3.95 Å². The van der Waals surface area contributed by atoms with E-state index in [2.05, 4.69) is 11.1 Å². The van der Waals surface area contributed by atoms with Crippen molar-refractivity contribution in [2.45, 2.75) is 0 Å². The number of nitrogens with two attached hydrogens (primary N) is 1. The van der Waals surface area contributed by atoms with Crippen LogP contribution in [-0.4, -0.2) is 4.98 Å². The Morgan fingerprint density at radius 3 is 2.92 bits per heavy atom. The second kappa shape index (κ2) is 3.18. The van der Waals surface area contributed by atoms with E-state index in [1.54, 1.807) is 0 Å². The topological polar surface area (TPSA) is 41.8 Å². The lowest BCUT2D eigenvalue weighted by Crippen LogP contribution is -1.69. The third-order valence-electron chi connectivity index (χ3n) is 1.59. The van der Waals surface area contributed by atoms with Gasteiger partial charge < -0.3 is 0 Å². The van der Waals surface area contributed by atoms with Crippen molar-refractivity contribution in [2.75, 3.05) is 0 Å². The maximum atomic E-state index is 5.54. The number of fused-ring (bicyclic) bond motifs is 1. The molecule has 0 saturated heterocycles. The lowest BCUT2D eigenvalue weighted by Gasteiger charge is -1.84. The molecule has 12 heavy (non-hydrogen) atoms. The smallest absolute Gasteiger partial charge is 0.297 e. The number of aromatic amines is 1. The predicted molar refractivity (Wildman–Crippen MR) is 58.8 cm³/mol. The summed E-state index contributed by atoms with van der Waals surface area (Å²) >= 11 is 5.15. The summed E-state index contributed by atoms with van der Waals surface area (Å²) in [5.74, 6) is 0. The van der Waals surface area contributed by atoms with Gasteiger partial charge in [-0.25, -0.2) is 5.14 Å². The number of thiazole rings is 1. The number of benzene rings is 1. The lowest BCUT2D eigenvalue weighted by molar-refractivity contribution is 1.47. The highest BCUT2D eigenvalue weighted by atomic mass is 33.1. The van der Waals surface area contributed by atoms with Crippen LogP contribution in [0.4, 0.5) is 0 Å². The molecule has 2 aromatic rings. The van der Waals surface area contributed by atoms with Gasteiger partial charge in [0.1, 0.15) is 15.7 Å². The van der Waals surface area contributed by atoms with Crippen molar-refractivity contribution in [3.8, 4) is 0 Å². The van der Waals surface area contributed by atoms with Crippen molar-refractivity contribution in [2.24, 2.45) is 5.14 Å². The molecule has 3 N–H and O–H groups in total. The molecule has 0 bridgehead atoms. The van der Waals surface area contributed by atoms with Crippen LogP contribution in [0.25, 0.3) is 10.2 Å². The Balaban J connectivity index is 2.91. The Labute approximate surface area is 81.3 Å². The van der Waals surface area contributed by atoms with Crippen LogP contribution in [0.15, 0.2) is 24.3 Å². The molecule has 2 nitrogen and oxygen atoms in total. The van der Waals surface area contributed by atoms with Gasteiger partial charge in [0.25, 0.3) is 12.2 Å². The van der Waals surface area contributed by atoms with Crippen molar-refractivity contribution >= 4 is 42.9 Å². The van der Waals surface area contributed by atoms with Crippen LogP contribution in [0, 0.1) is 3.95 Å². The highest BCUT2D eigenvalue weighted by Crippen LogP contribution is 2.37. The average molecular weight is 215 g/mol. The molecule has 1 unspecified atom stereocenters. The minimum atomic E-state index is -0.139. The van der Waals surface area contributed by atoms with E-state index in [0.717, 1.165) is 9.47 Å². The van der Waals surface area contributed by atoms with Crippen LogP contribution < -0.4 is 5.14 Å². The first-order valence-electron chi connectivity index (χ1n) is 3.34. The number of hydrogen-bond donors (Lipinski definition) is 2. The normalized spacial score (nSPS) is 12.2. The van der Waals surface area contributed by atoms with Crippen LogP contribution in [-0.2, 0) is 0 Å². The quantitative estimate of drug-likeness (QED) is 0.332. The number of nitrogens with one attached hydrogen (secondary N) is 1. The zero-order valence-electron chi connectivity index (χ0n) is 6.11. The maximum Gasteiger partial charge on any atom is 0.369 e. The largest absolute Gasteiger partial charge is 0.369 e. The SMILES string of the molecule is NS[s+]1c(=S)[nH]c2ccccc21. The first kappa shape index (κ1) is 8.25. The Morgan fingerprint density at radius 1 is 1.42 bits per heavy atom. The fraction of sp³-hybridized carbons (Fsp3) is 0. The van der Waals surface area contributed by atoms with E-state index < -0.39 is 0 Å². The van der Waals surface area contributed by atoms with Crippen LogP contribution in [0.5, 0.6) is 0 Å². The summed E-state index contributed by atoms with van der Waals surface area (Å²) in [6.45, 7) is 0. The first-order valence-corrected chi connectivity index (χ1v) is 6.37. The van der Waals surface area contributed by atoms with Crippen molar-refractivity contribution in [3.05, 3.63) is 28.2 Å². The van der Waals surface area contributed by atoms with Gasteiger partial charge in [0, 0.05) is 9.50 Å². The van der Waals surface area contributed by atoms with Gasteiger partial charge in [0.15, 0.2) is 0 Å². The van der Waals surface area contributed by atoms with E-state index in [4.69, 9.17) is 17.4 Å². The molecular formula is C7H7N2S3+. The number of para-hydroxylation sites is 1. The fourth-order valence-electron chi connectivity index (χ4n) is 1.08. The Kier molecular flexibility index (Phi) is 2.18. The summed E-state index contributed by atoms with van der Waals surface area (Å²) in [5.41, 5.74) is 1.10. The van der Waals surface area contributed by atoms with Gasteiger partial charge in [-0.3, -0.25) is 4.98 Å². The summed E-state index contributed by atoms with van der Waals surface area (Å²) in [4.78, 5) is 3.14. The van der Waals surface area contributed by atoms with Crippen LogP contribution in [0.3, 0.4) is 0 Å².